The van der Waals surface area contributed by atoms with E-state index >= 15 is 0 Å². The van der Waals surface area contributed by atoms with Crippen molar-refractivity contribution in [2.24, 2.45) is 11.7 Å². The molecule has 1 aromatic heterocycles. The molecule has 0 aromatic carbocycles. The lowest BCUT2D eigenvalue weighted by Crippen LogP contribution is -2.52. The van der Waals surface area contributed by atoms with Gasteiger partial charge in [-0.05, 0) is 44.2 Å². The van der Waals surface area contributed by atoms with Crippen LogP contribution in [0.25, 0.3) is 0 Å². The van der Waals surface area contributed by atoms with Crippen molar-refractivity contribution in [3.05, 3.63) is 16.0 Å². The zero-order chi connectivity index (χ0) is 13.6. The summed E-state index contributed by atoms with van der Waals surface area (Å²) >= 11 is 7.00. The molecule has 1 atom stereocenters. The molecular weight excluding hydrogens is 327 g/mol. The van der Waals surface area contributed by atoms with Crippen LogP contribution < -0.4 is 10.5 Å². The summed E-state index contributed by atoms with van der Waals surface area (Å²) in [5, 5.41) is 0. The van der Waals surface area contributed by atoms with Gasteiger partial charge in [0.2, 0.25) is 0 Å². The summed E-state index contributed by atoms with van der Waals surface area (Å²) in [6.07, 6.45) is 2.06. The first kappa shape index (κ1) is 17.2. The molecule has 1 aromatic rings. The van der Waals surface area contributed by atoms with Gasteiger partial charge in [0.15, 0.2) is 0 Å². The average Bonchev–Trinajstić information content (AvgIpc) is 3.07. The van der Waals surface area contributed by atoms with E-state index in [-0.39, 0.29) is 16.6 Å². The maximum atomic E-state index is 12.3. The fourth-order valence-corrected chi connectivity index (χ4v) is 5.12. The van der Waals surface area contributed by atoms with Gasteiger partial charge in [-0.2, -0.15) is 0 Å². The number of halogens is 2. The van der Waals surface area contributed by atoms with Crippen LogP contribution in [0.4, 0.5) is 0 Å². The highest BCUT2D eigenvalue weighted by Gasteiger charge is 2.43. The van der Waals surface area contributed by atoms with Crippen LogP contribution in [0.5, 0.6) is 0 Å². The van der Waals surface area contributed by atoms with Crippen LogP contribution in [0, 0.1) is 12.8 Å². The van der Waals surface area contributed by atoms with Crippen LogP contribution in [0.15, 0.2) is 10.3 Å². The normalized spacial score (nSPS) is 18.7. The quantitative estimate of drug-likeness (QED) is 0.861. The van der Waals surface area contributed by atoms with Crippen molar-refractivity contribution in [3.63, 3.8) is 0 Å². The Bertz CT molecular complexity index is 536. The molecule has 3 N–H and O–H groups in total. The Morgan fingerprint density at radius 3 is 2.53 bits per heavy atom. The number of nitrogens with one attached hydrogen (secondary N) is 1. The van der Waals surface area contributed by atoms with E-state index in [1.807, 2.05) is 6.92 Å². The minimum atomic E-state index is -3.53. The maximum absolute atomic E-state index is 12.3. The first-order valence-electron chi connectivity index (χ1n) is 5.78. The molecule has 1 fully saturated rings. The fraction of sp³-hybridized carbons (Fsp3) is 0.636. The highest BCUT2D eigenvalue weighted by molar-refractivity contribution is 7.91. The molecule has 1 aliphatic rings. The Labute approximate surface area is 129 Å². The largest absolute Gasteiger partial charge is 0.329 e. The van der Waals surface area contributed by atoms with Gasteiger partial charge < -0.3 is 5.73 Å². The van der Waals surface area contributed by atoms with Gasteiger partial charge >= 0.3 is 0 Å². The number of rotatable bonds is 5. The Morgan fingerprint density at radius 2 is 2.16 bits per heavy atom. The van der Waals surface area contributed by atoms with E-state index in [1.165, 1.54) is 0 Å². The van der Waals surface area contributed by atoms with Crippen molar-refractivity contribution in [3.8, 4) is 0 Å². The predicted octanol–water partition coefficient (Wildman–Crippen LogP) is 2.54. The number of hydrogen-bond acceptors (Lipinski definition) is 4. The van der Waals surface area contributed by atoms with Crippen molar-refractivity contribution in [1.82, 2.24) is 4.72 Å². The van der Waals surface area contributed by atoms with Crippen molar-refractivity contribution in [2.75, 3.05) is 6.54 Å². The lowest BCUT2D eigenvalue weighted by molar-refractivity contribution is 0.374. The predicted molar refractivity (Wildman–Crippen MR) is 81.8 cm³/mol. The molecule has 0 amide bonds. The summed E-state index contributed by atoms with van der Waals surface area (Å²) < 4.78 is 28.1. The monoisotopic (exact) mass is 344 g/mol. The Morgan fingerprint density at radius 1 is 1.58 bits per heavy atom. The molecule has 0 saturated heterocycles. The minimum absolute atomic E-state index is 0. The molecule has 1 aliphatic carbocycles. The van der Waals surface area contributed by atoms with Crippen molar-refractivity contribution < 1.29 is 8.42 Å². The van der Waals surface area contributed by atoms with Gasteiger partial charge in [-0.15, -0.1) is 23.7 Å². The van der Waals surface area contributed by atoms with Crippen molar-refractivity contribution in [1.29, 1.82) is 0 Å². The van der Waals surface area contributed by atoms with Crippen LogP contribution in [0.2, 0.25) is 4.34 Å². The molecule has 0 radical (unpaired) electrons. The number of hydrogen-bond donors (Lipinski definition) is 2. The first-order valence-corrected chi connectivity index (χ1v) is 8.46. The summed E-state index contributed by atoms with van der Waals surface area (Å²) in [7, 11) is -3.53. The van der Waals surface area contributed by atoms with Crippen LogP contribution in [0.1, 0.15) is 25.3 Å². The van der Waals surface area contributed by atoms with E-state index in [0.29, 0.717) is 16.8 Å². The summed E-state index contributed by atoms with van der Waals surface area (Å²) in [5.41, 5.74) is 5.95. The topological polar surface area (TPSA) is 72.2 Å². The van der Waals surface area contributed by atoms with E-state index in [1.54, 1.807) is 13.0 Å². The molecule has 1 heterocycles. The molecule has 4 nitrogen and oxygen atoms in total. The molecule has 1 unspecified atom stereocenters. The van der Waals surface area contributed by atoms with E-state index < -0.39 is 15.6 Å². The standard InChI is InChI=1S/C11H17ClN2O2S2.ClH/c1-7-5-9(17-10(7)12)18(15,16)14-11(2,6-13)8-3-4-8;/h5,8,14H,3-4,6,13H2,1-2H3;1H. The Balaban J connectivity index is 0.00000180. The smallest absolute Gasteiger partial charge is 0.250 e. The lowest BCUT2D eigenvalue weighted by Gasteiger charge is -2.28. The van der Waals surface area contributed by atoms with Gasteiger partial charge in [-0.3, -0.25) is 0 Å². The summed E-state index contributed by atoms with van der Waals surface area (Å²) in [4.78, 5) is 0. The molecule has 19 heavy (non-hydrogen) atoms. The first-order chi connectivity index (χ1) is 8.28. The van der Waals surface area contributed by atoms with Crippen molar-refractivity contribution in [2.45, 2.75) is 36.4 Å². The summed E-state index contributed by atoms with van der Waals surface area (Å²) in [6.45, 7) is 3.96. The van der Waals surface area contributed by atoms with E-state index in [2.05, 4.69) is 4.72 Å². The van der Waals surface area contributed by atoms with Crippen molar-refractivity contribution >= 4 is 45.4 Å². The Kier molecular flexibility index (Phi) is 5.32. The zero-order valence-corrected chi connectivity index (χ0v) is 14.0. The molecular formula is C11H18Cl2N2O2S2. The molecule has 0 bridgehead atoms. The second-order valence-corrected chi connectivity index (χ2v) is 8.59. The van der Waals surface area contributed by atoms with Crippen LogP contribution >= 0.6 is 35.3 Å². The molecule has 1 saturated carbocycles. The van der Waals surface area contributed by atoms with Gasteiger partial charge in [0.25, 0.3) is 10.0 Å². The summed E-state index contributed by atoms with van der Waals surface area (Å²) in [5.74, 6) is 0.341. The van der Waals surface area contributed by atoms with Gasteiger partial charge in [0.1, 0.15) is 4.21 Å². The van der Waals surface area contributed by atoms with E-state index in [0.717, 1.165) is 29.7 Å². The number of thiophene rings is 1. The van der Waals surface area contributed by atoms with E-state index in [4.69, 9.17) is 17.3 Å². The average molecular weight is 345 g/mol. The summed E-state index contributed by atoms with van der Waals surface area (Å²) in [6, 6.07) is 1.60. The molecule has 0 spiro atoms. The third-order valence-electron chi connectivity index (χ3n) is 3.37. The Hall–Kier alpha value is 0.150. The highest BCUT2D eigenvalue weighted by Crippen LogP contribution is 2.40. The molecule has 2 rings (SSSR count). The van der Waals surface area contributed by atoms with Gasteiger partial charge in [-0.1, -0.05) is 11.6 Å². The van der Waals surface area contributed by atoms with E-state index in [9.17, 15) is 8.42 Å². The molecule has 110 valence electrons. The zero-order valence-electron chi connectivity index (χ0n) is 10.8. The third kappa shape index (κ3) is 3.62. The minimum Gasteiger partial charge on any atom is -0.329 e. The second-order valence-electron chi connectivity index (χ2n) is 5.02. The number of sulfonamides is 1. The SMILES string of the molecule is Cc1cc(S(=O)(=O)NC(C)(CN)C2CC2)sc1Cl.Cl. The molecule has 0 aliphatic heterocycles. The third-order valence-corrected chi connectivity index (χ3v) is 7.01. The fourth-order valence-electron chi connectivity index (χ4n) is 1.93. The van der Waals surface area contributed by atoms with Gasteiger partial charge in [0.05, 0.1) is 4.34 Å². The molecule has 8 heteroatoms. The maximum Gasteiger partial charge on any atom is 0.250 e. The number of aryl methyl sites for hydroxylation is 1. The second kappa shape index (κ2) is 5.87. The van der Waals surface area contributed by atoms with Crippen LogP contribution in [0.3, 0.4) is 0 Å². The number of nitrogens with two attached hydrogens (primary N) is 1. The van der Waals surface area contributed by atoms with Gasteiger partial charge in [0, 0.05) is 12.1 Å². The van der Waals surface area contributed by atoms with Crippen LogP contribution in [-0.2, 0) is 10.0 Å². The lowest BCUT2D eigenvalue weighted by atomic mass is 9.98. The highest BCUT2D eigenvalue weighted by atomic mass is 35.5. The van der Waals surface area contributed by atoms with Gasteiger partial charge in [-0.25, -0.2) is 13.1 Å². The van der Waals surface area contributed by atoms with Crippen LogP contribution in [-0.4, -0.2) is 20.5 Å².